The Morgan fingerprint density at radius 3 is 2.32 bits per heavy atom. The fourth-order valence-corrected chi connectivity index (χ4v) is 3.67. The van der Waals surface area contributed by atoms with Gasteiger partial charge in [0.25, 0.3) is 0 Å². The number of hydrogen-bond acceptors (Lipinski definition) is 6. The molecule has 0 aliphatic carbocycles. The minimum absolute atomic E-state index is 0.0507. The summed E-state index contributed by atoms with van der Waals surface area (Å²) in [4.78, 5) is 25.2. The molecule has 4 aromatic rings. The summed E-state index contributed by atoms with van der Waals surface area (Å²) in [6.07, 6.45) is -4.66. The number of nitrogens with zero attached hydrogens (tertiary/aromatic N) is 3. The molecule has 3 aromatic carbocycles. The Morgan fingerprint density at radius 1 is 0.895 bits per heavy atom. The van der Waals surface area contributed by atoms with Gasteiger partial charge in [-0.15, -0.1) is 0 Å². The summed E-state index contributed by atoms with van der Waals surface area (Å²) >= 11 is 11.6. The SMILES string of the molecule is Cc1nc(Nc2cc(NC(=O)Nc3ccc(Cl)c(C(F)(F)F)c3)ccc2C)nc(Oc2cccc(Cl)c2)n1. The molecular formula is C25H19Cl2F3N6O2. The van der Waals surface area contributed by atoms with Crippen LogP contribution < -0.4 is 20.7 Å². The molecule has 0 fully saturated rings. The van der Waals surface area contributed by atoms with Gasteiger partial charge in [0.15, 0.2) is 0 Å². The molecule has 0 spiro atoms. The molecule has 1 aromatic heterocycles. The molecule has 3 N–H and O–H groups in total. The van der Waals surface area contributed by atoms with Crippen molar-refractivity contribution in [3.8, 4) is 11.8 Å². The highest BCUT2D eigenvalue weighted by molar-refractivity contribution is 6.31. The average Bonchev–Trinajstić information content (AvgIpc) is 2.81. The number of rotatable bonds is 6. The summed E-state index contributed by atoms with van der Waals surface area (Å²) < 4.78 is 45.0. The van der Waals surface area contributed by atoms with E-state index in [2.05, 4.69) is 30.9 Å². The molecule has 0 atom stereocenters. The van der Waals surface area contributed by atoms with Gasteiger partial charge in [-0.25, -0.2) is 4.79 Å². The second-order valence-corrected chi connectivity index (χ2v) is 8.82. The van der Waals surface area contributed by atoms with Crippen LogP contribution in [-0.4, -0.2) is 21.0 Å². The van der Waals surface area contributed by atoms with Crippen LogP contribution in [0.15, 0.2) is 60.7 Å². The Bertz CT molecular complexity index is 1500. The maximum atomic E-state index is 13.1. The molecule has 0 saturated heterocycles. The topological polar surface area (TPSA) is 101 Å². The molecule has 4 rings (SSSR count). The Labute approximate surface area is 225 Å². The highest BCUT2D eigenvalue weighted by Gasteiger charge is 2.33. The molecule has 0 bridgehead atoms. The lowest BCUT2D eigenvalue weighted by Gasteiger charge is -2.14. The standard InChI is InChI=1S/C25H19Cl2F3N6O2/c1-13-6-7-17(34-23(37)33-16-8-9-20(27)19(11-16)25(28,29)30)12-21(13)35-22-31-14(2)32-24(36-22)38-18-5-3-4-15(26)10-18/h3-12H,1-2H3,(H2,33,34,37)(H,31,32,35,36). The zero-order valence-electron chi connectivity index (χ0n) is 19.8. The van der Waals surface area contributed by atoms with E-state index in [9.17, 15) is 18.0 Å². The van der Waals surface area contributed by atoms with Crippen molar-refractivity contribution >= 4 is 52.2 Å². The Morgan fingerprint density at radius 2 is 1.61 bits per heavy atom. The van der Waals surface area contributed by atoms with E-state index in [1.807, 2.05) is 6.92 Å². The number of halogens is 5. The molecule has 2 amide bonds. The largest absolute Gasteiger partial charge is 0.424 e. The van der Waals surface area contributed by atoms with Crippen molar-refractivity contribution in [1.82, 2.24) is 15.0 Å². The highest BCUT2D eigenvalue weighted by Crippen LogP contribution is 2.36. The molecule has 38 heavy (non-hydrogen) atoms. The Hall–Kier alpha value is -4.09. The molecule has 0 radical (unpaired) electrons. The van der Waals surface area contributed by atoms with Crippen LogP contribution in [0.4, 0.5) is 41.0 Å². The molecule has 0 aliphatic rings. The number of urea groups is 1. The summed E-state index contributed by atoms with van der Waals surface area (Å²) in [6, 6.07) is 14.1. The Balaban J connectivity index is 1.48. The van der Waals surface area contributed by atoms with Gasteiger partial charge >= 0.3 is 18.2 Å². The number of carbonyl (C=O) groups excluding carboxylic acids is 1. The van der Waals surface area contributed by atoms with E-state index in [4.69, 9.17) is 27.9 Å². The van der Waals surface area contributed by atoms with Crippen LogP contribution in [0.1, 0.15) is 17.0 Å². The molecular weight excluding hydrogens is 544 g/mol. The minimum atomic E-state index is -4.66. The minimum Gasteiger partial charge on any atom is -0.424 e. The predicted octanol–water partition coefficient (Wildman–Crippen LogP) is 7.99. The van der Waals surface area contributed by atoms with Crippen LogP contribution in [-0.2, 0) is 6.18 Å². The lowest BCUT2D eigenvalue weighted by Crippen LogP contribution is -2.20. The fourth-order valence-electron chi connectivity index (χ4n) is 3.26. The number of benzene rings is 3. The van der Waals surface area contributed by atoms with E-state index in [0.29, 0.717) is 28.0 Å². The van der Waals surface area contributed by atoms with Gasteiger partial charge in [0, 0.05) is 22.1 Å². The van der Waals surface area contributed by atoms with Crippen molar-refractivity contribution in [2.75, 3.05) is 16.0 Å². The zero-order chi connectivity index (χ0) is 27.4. The molecule has 196 valence electrons. The number of aryl methyl sites for hydroxylation is 2. The number of nitrogens with one attached hydrogen (secondary N) is 3. The smallest absolute Gasteiger partial charge is 0.417 e. The summed E-state index contributed by atoms with van der Waals surface area (Å²) in [7, 11) is 0. The van der Waals surface area contributed by atoms with Crippen molar-refractivity contribution in [3.05, 3.63) is 87.7 Å². The predicted molar refractivity (Wildman–Crippen MR) is 140 cm³/mol. The van der Waals surface area contributed by atoms with Crippen molar-refractivity contribution in [1.29, 1.82) is 0 Å². The highest BCUT2D eigenvalue weighted by atomic mass is 35.5. The average molecular weight is 563 g/mol. The van der Waals surface area contributed by atoms with Gasteiger partial charge in [0.2, 0.25) is 5.95 Å². The summed E-state index contributed by atoms with van der Waals surface area (Å²) in [5.74, 6) is 1.04. The fraction of sp³-hybridized carbons (Fsp3) is 0.120. The third-order valence-corrected chi connectivity index (χ3v) is 5.57. The van der Waals surface area contributed by atoms with Crippen molar-refractivity contribution in [2.45, 2.75) is 20.0 Å². The molecule has 0 aliphatic heterocycles. The summed E-state index contributed by atoms with van der Waals surface area (Å²) in [5.41, 5.74) is 0.608. The second kappa shape index (κ2) is 11.1. The number of carbonyl (C=O) groups is 1. The van der Waals surface area contributed by atoms with E-state index in [1.54, 1.807) is 49.4 Å². The third kappa shape index (κ3) is 7.02. The van der Waals surface area contributed by atoms with Crippen molar-refractivity contribution in [3.63, 3.8) is 0 Å². The molecule has 1 heterocycles. The van der Waals surface area contributed by atoms with E-state index in [0.717, 1.165) is 17.7 Å². The lowest BCUT2D eigenvalue weighted by molar-refractivity contribution is -0.137. The van der Waals surface area contributed by atoms with Gasteiger partial charge in [-0.3, -0.25) is 0 Å². The number of alkyl halides is 3. The van der Waals surface area contributed by atoms with E-state index < -0.39 is 22.8 Å². The van der Waals surface area contributed by atoms with E-state index in [1.165, 1.54) is 6.07 Å². The van der Waals surface area contributed by atoms with Gasteiger partial charge in [0.1, 0.15) is 11.6 Å². The number of hydrogen-bond donors (Lipinski definition) is 3. The van der Waals surface area contributed by atoms with Crippen molar-refractivity contribution < 1.29 is 22.7 Å². The van der Waals surface area contributed by atoms with Gasteiger partial charge in [-0.2, -0.15) is 28.1 Å². The van der Waals surface area contributed by atoms with Gasteiger partial charge in [-0.05, 0) is 67.9 Å². The van der Waals surface area contributed by atoms with Crippen LogP contribution in [0.3, 0.4) is 0 Å². The number of anilines is 4. The maximum absolute atomic E-state index is 13.1. The molecule has 13 heteroatoms. The lowest BCUT2D eigenvalue weighted by atomic mass is 10.2. The van der Waals surface area contributed by atoms with Crippen LogP contribution in [0.5, 0.6) is 11.8 Å². The first-order chi connectivity index (χ1) is 18.0. The zero-order valence-corrected chi connectivity index (χ0v) is 21.3. The molecule has 8 nitrogen and oxygen atoms in total. The first-order valence-corrected chi connectivity index (χ1v) is 11.7. The van der Waals surface area contributed by atoms with E-state index in [-0.39, 0.29) is 17.6 Å². The maximum Gasteiger partial charge on any atom is 0.417 e. The number of amides is 2. The number of aromatic nitrogens is 3. The van der Waals surface area contributed by atoms with Crippen LogP contribution >= 0.6 is 23.2 Å². The normalized spacial score (nSPS) is 11.1. The van der Waals surface area contributed by atoms with Crippen LogP contribution in [0.25, 0.3) is 0 Å². The monoisotopic (exact) mass is 562 g/mol. The van der Waals surface area contributed by atoms with Gasteiger partial charge < -0.3 is 20.7 Å². The van der Waals surface area contributed by atoms with Gasteiger partial charge in [0.05, 0.1) is 10.6 Å². The quantitative estimate of drug-likeness (QED) is 0.220. The van der Waals surface area contributed by atoms with Crippen LogP contribution in [0, 0.1) is 13.8 Å². The second-order valence-electron chi connectivity index (χ2n) is 7.97. The molecule has 0 unspecified atom stereocenters. The summed E-state index contributed by atoms with van der Waals surface area (Å²) in [6.45, 7) is 3.50. The first-order valence-electron chi connectivity index (χ1n) is 10.9. The van der Waals surface area contributed by atoms with Crippen molar-refractivity contribution in [2.24, 2.45) is 0 Å². The molecule has 0 saturated carbocycles. The number of ether oxygens (including phenoxy) is 1. The van der Waals surface area contributed by atoms with Gasteiger partial charge in [-0.1, -0.05) is 35.3 Å². The van der Waals surface area contributed by atoms with E-state index >= 15 is 0 Å². The third-order valence-electron chi connectivity index (χ3n) is 5.00. The first kappa shape index (κ1) is 27.0. The Kier molecular flexibility index (Phi) is 7.88. The summed E-state index contributed by atoms with van der Waals surface area (Å²) in [5, 5.41) is 8.04. The van der Waals surface area contributed by atoms with Crippen LogP contribution in [0.2, 0.25) is 10.0 Å².